The number of aliphatic hydroxyl groups excluding tert-OH is 4. The Labute approximate surface area is 302 Å². The van der Waals surface area contributed by atoms with Crippen LogP contribution in [0.25, 0.3) is 11.0 Å². The van der Waals surface area contributed by atoms with E-state index in [4.69, 9.17) is 23.4 Å². The zero-order chi connectivity index (χ0) is 35.8. The van der Waals surface area contributed by atoms with Crippen molar-refractivity contribution in [2.45, 2.75) is 59.8 Å². The molecule has 9 bridgehead atoms. The third-order valence-electron chi connectivity index (χ3n) is 11.8. The van der Waals surface area contributed by atoms with E-state index in [2.05, 4.69) is 5.32 Å². The second-order valence-corrected chi connectivity index (χ2v) is 16.8. The van der Waals surface area contributed by atoms with Crippen LogP contribution in [-0.4, -0.2) is 122 Å². The van der Waals surface area contributed by atoms with Gasteiger partial charge in [0, 0.05) is 47.9 Å². The number of ether oxygens (including phenoxy) is 4. The summed E-state index contributed by atoms with van der Waals surface area (Å²) in [5.41, 5.74) is -7.50. The summed E-state index contributed by atoms with van der Waals surface area (Å²) in [6.07, 6.45) is 8.01. The van der Waals surface area contributed by atoms with Crippen molar-refractivity contribution in [3.63, 3.8) is 0 Å². The maximum absolute atomic E-state index is 13.4. The lowest BCUT2D eigenvalue weighted by Crippen LogP contribution is -2.93. The van der Waals surface area contributed by atoms with Crippen LogP contribution >= 0.6 is 21.6 Å². The maximum atomic E-state index is 13.4. The number of hydrogen-bond acceptors (Lipinski definition) is 15. The van der Waals surface area contributed by atoms with Crippen LogP contribution in [0, 0.1) is 23.2 Å². The predicted molar refractivity (Wildman–Crippen MR) is 187 cm³/mol. The summed E-state index contributed by atoms with van der Waals surface area (Å²) in [6.45, 7) is 1.81. The van der Waals surface area contributed by atoms with Gasteiger partial charge in [-0.1, -0.05) is 52.0 Å². The van der Waals surface area contributed by atoms with Crippen molar-refractivity contribution in [2.24, 2.45) is 23.2 Å². The van der Waals surface area contributed by atoms with Gasteiger partial charge in [-0.15, -0.1) is 0 Å². The van der Waals surface area contributed by atoms with E-state index in [1.165, 1.54) is 40.0 Å². The highest BCUT2D eigenvalue weighted by atomic mass is 33.1. The fourth-order valence-corrected chi connectivity index (χ4v) is 12.2. The number of esters is 1. The molecule has 11 atom stereocenters. The first-order valence-corrected chi connectivity index (χ1v) is 19.7. The van der Waals surface area contributed by atoms with Gasteiger partial charge >= 0.3 is 5.97 Å². The average molecular weight is 746 g/mol. The molecule has 2 aromatic rings. The highest BCUT2D eigenvalue weighted by Crippen LogP contribution is 2.71. The molecule has 3 aliphatic heterocycles. The van der Waals surface area contributed by atoms with Gasteiger partial charge in [0.15, 0.2) is 16.9 Å². The monoisotopic (exact) mass is 745 g/mol. The highest BCUT2D eigenvalue weighted by Gasteiger charge is 2.87. The molecule has 51 heavy (non-hydrogen) atoms. The molecule has 276 valence electrons. The van der Waals surface area contributed by atoms with Gasteiger partial charge in [0.1, 0.15) is 23.9 Å². The van der Waals surface area contributed by atoms with E-state index >= 15 is 0 Å². The summed E-state index contributed by atoms with van der Waals surface area (Å²) in [5, 5.41) is 76.3. The second kappa shape index (κ2) is 12.8. The van der Waals surface area contributed by atoms with Gasteiger partial charge in [-0.05, 0) is 43.0 Å². The van der Waals surface area contributed by atoms with Gasteiger partial charge in [-0.25, -0.2) is 0 Å². The molecule has 1 spiro atoms. The number of carbonyl (C=O) groups excluding carboxylic acids is 1. The molecule has 1 aromatic heterocycles. The minimum atomic E-state index is -2.57. The van der Waals surface area contributed by atoms with Crippen molar-refractivity contribution in [3.8, 4) is 11.5 Å². The van der Waals surface area contributed by atoms with Crippen LogP contribution in [0.3, 0.4) is 0 Å². The number of aryl methyl sites for hydroxylation is 1. The number of hydrogen-bond donors (Lipinski definition) is 7. The van der Waals surface area contributed by atoms with Gasteiger partial charge in [-0.2, -0.15) is 0 Å². The molecule has 7 N–H and O–H groups in total. The highest BCUT2D eigenvalue weighted by molar-refractivity contribution is 8.77. The topological polar surface area (TPSA) is 201 Å². The van der Waals surface area contributed by atoms with Gasteiger partial charge in [0.05, 0.1) is 37.4 Å². The summed E-state index contributed by atoms with van der Waals surface area (Å²) >= 11 is 0. The Morgan fingerprint density at radius 1 is 1.06 bits per heavy atom. The predicted octanol–water partition coefficient (Wildman–Crippen LogP) is 1.23. The van der Waals surface area contributed by atoms with Gasteiger partial charge in [0.25, 0.3) is 5.79 Å². The first kappa shape index (κ1) is 35.5. The molecular weight excluding hydrogens is 703 g/mol. The first-order valence-electron chi connectivity index (χ1n) is 17.4. The summed E-state index contributed by atoms with van der Waals surface area (Å²) in [7, 11) is 2.86. The molecule has 1 aromatic carbocycles. The number of rotatable bonds is 6. The number of aliphatic hydroxyl groups is 6. The molecule has 13 nitrogen and oxygen atoms in total. The Morgan fingerprint density at radius 3 is 2.69 bits per heavy atom. The number of furan rings is 1. The van der Waals surface area contributed by atoms with Crippen LogP contribution < -0.4 is 14.8 Å². The van der Waals surface area contributed by atoms with E-state index in [1.807, 2.05) is 0 Å². The van der Waals surface area contributed by atoms with E-state index in [9.17, 15) is 35.4 Å². The summed E-state index contributed by atoms with van der Waals surface area (Å²) in [5.74, 6) is -4.73. The van der Waals surface area contributed by atoms with Gasteiger partial charge < -0.3 is 59.3 Å². The SMILES string of the molecule is CCOC(=O)CCc1cc2ccoc2c2c1O[C@]13C=C[C@@H](SSCCNCCO2)[C@](CO)(O1)[C@@]1(O)[C@H](O)[C@]3(O)[C@H]2[C@@H]3C=C[C@@H](O)[C@@]2(CO)C=C[C@@H]31. The van der Waals surface area contributed by atoms with Gasteiger partial charge in [-0.3, -0.25) is 4.79 Å². The zero-order valence-electron chi connectivity index (χ0n) is 28.0. The van der Waals surface area contributed by atoms with Crippen molar-refractivity contribution in [3.05, 3.63) is 60.4 Å². The van der Waals surface area contributed by atoms with Crippen LogP contribution in [-0.2, 0) is 20.7 Å². The van der Waals surface area contributed by atoms with E-state index in [0.29, 0.717) is 35.4 Å². The molecule has 0 unspecified atom stereocenters. The van der Waals surface area contributed by atoms with Crippen molar-refractivity contribution in [2.75, 3.05) is 45.3 Å². The molecule has 0 radical (unpaired) electrons. The molecule has 6 aliphatic rings. The lowest BCUT2D eigenvalue weighted by atomic mass is 9.39. The number of allylic oxidation sites excluding steroid dienone is 1. The first-order chi connectivity index (χ1) is 24.6. The molecular formula is C36H43NO12S2. The Kier molecular flexibility index (Phi) is 8.89. The van der Waals surface area contributed by atoms with E-state index in [0.717, 1.165) is 0 Å². The maximum Gasteiger partial charge on any atom is 0.306 e. The van der Waals surface area contributed by atoms with Crippen molar-refractivity contribution in [1.29, 1.82) is 0 Å². The molecule has 1 saturated heterocycles. The van der Waals surface area contributed by atoms with E-state index < -0.39 is 82.4 Å². The summed E-state index contributed by atoms with van der Waals surface area (Å²) in [6, 6.07) is 3.53. The lowest BCUT2D eigenvalue weighted by molar-refractivity contribution is -0.462. The van der Waals surface area contributed by atoms with Crippen molar-refractivity contribution < 1.29 is 58.8 Å². The zero-order valence-corrected chi connectivity index (χ0v) is 29.6. The van der Waals surface area contributed by atoms with Gasteiger partial charge in [0.2, 0.25) is 5.75 Å². The number of carbonyl (C=O) groups is 1. The largest absolute Gasteiger partial charge is 0.485 e. The molecule has 4 heterocycles. The molecule has 3 aliphatic carbocycles. The number of benzene rings is 1. The summed E-state index contributed by atoms with van der Waals surface area (Å²) < 4.78 is 31.5. The molecule has 0 amide bonds. The number of fused-ring (bicyclic) bond motifs is 10. The Bertz CT molecular complexity index is 1780. The van der Waals surface area contributed by atoms with Crippen molar-refractivity contribution >= 4 is 38.5 Å². The average Bonchev–Trinajstić information content (AvgIpc) is 3.60. The Hall–Kier alpha value is -2.57. The van der Waals surface area contributed by atoms with Crippen LogP contribution in [0.2, 0.25) is 0 Å². The Balaban J connectivity index is 1.40. The molecule has 2 fully saturated rings. The fraction of sp³-hybridized carbons (Fsp3) is 0.583. The molecule has 1 saturated carbocycles. The quantitative estimate of drug-likeness (QED) is 0.126. The van der Waals surface area contributed by atoms with Crippen LogP contribution in [0.5, 0.6) is 11.5 Å². The standard InChI is InChI=1S/C36H43NO12S2/c1-2-45-26(41)6-3-20-17-21-9-14-46-27(21)29-28(20)48-34-11-8-25(51-50-16-13-37-12-15-47-29)33(19-39,49-34)35(43)23-7-10-32(18-38)24(40)5-4-22(23)30(32)36(34,44)31(35)42/h4-5,7-11,14,17,22-25,30-31,37-40,42-44H,2-3,6,12-13,15-16,18-19H2,1H3/t22-,23+,24-,25-,30+,31+,32+,33+,34-,35+,36-/m1/s1. The fourth-order valence-electron chi connectivity index (χ4n) is 9.51. The van der Waals surface area contributed by atoms with E-state index in [1.54, 1.807) is 43.4 Å². The third kappa shape index (κ3) is 4.69. The normalized spacial score (nSPS) is 42.3. The molecule has 8 rings (SSSR count). The molecule has 15 heteroatoms. The lowest BCUT2D eigenvalue weighted by Gasteiger charge is -2.75. The third-order valence-corrected chi connectivity index (χ3v) is 14.6. The minimum Gasteiger partial charge on any atom is -0.485 e. The van der Waals surface area contributed by atoms with Crippen LogP contribution in [0.1, 0.15) is 18.9 Å². The van der Waals surface area contributed by atoms with Crippen LogP contribution in [0.15, 0.2) is 59.3 Å². The van der Waals surface area contributed by atoms with Crippen molar-refractivity contribution in [1.82, 2.24) is 5.32 Å². The smallest absolute Gasteiger partial charge is 0.306 e. The second-order valence-electron chi connectivity index (χ2n) is 14.1. The van der Waals surface area contributed by atoms with Crippen LogP contribution in [0.4, 0.5) is 0 Å². The number of nitrogens with one attached hydrogen (secondary N) is 1. The van der Waals surface area contributed by atoms with E-state index in [-0.39, 0.29) is 37.6 Å². The minimum absolute atomic E-state index is 0.0246. The summed E-state index contributed by atoms with van der Waals surface area (Å²) in [4.78, 5) is 12.6. The Morgan fingerprint density at radius 2 is 1.90 bits per heavy atom.